The molecule has 0 atom stereocenters. The minimum Gasteiger partial charge on any atom is -0.457 e. The van der Waals surface area contributed by atoms with Crippen LogP contribution in [0.5, 0.6) is 11.5 Å². The fourth-order valence-electron chi connectivity index (χ4n) is 3.00. The van der Waals surface area contributed by atoms with E-state index < -0.39 is 17.7 Å². The Balaban J connectivity index is 1.69. The highest BCUT2D eigenvalue weighted by atomic mass is 35.5. The van der Waals surface area contributed by atoms with Gasteiger partial charge < -0.3 is 9.57 Å². The van der Waals surface area contributed by atoms with Crippen molar-refractivity contribution < 1.29 is 27.5 Å². The fraction of sp³-hybridized carbons (Fsp3) is 0.0870. The highest BCUT2D eigenvalue weighted by Gasteiger charge is 2.30. The quantitative estimate of drug-likeness (QED) is 0.279. The molecule has 0 spiro atoms. The van der Waals surface area contributed by atoms with Gasteiger partial charge in [-0.3, -0.25) is 0 Å². The molecule has 4 rings (SSSR count). The van der Waals surface area contributed by atoms with Gasteiger partial charge in [0.1, 0.15) is 23.1 Å². The number of aromatic nitrogens is 2. The SMILES string of the molecule is NOC(=O)Cn1nc(-c2cccc(Oc3cccc(C(F)(F)F)c3)c2)sc1=Nc1ccc(Cl)c(Cl)c1. The van der Waals surface area contributed by atoms with Gasteiger partial charge in [0.2, 0.25) is 4.80 Å². The van der Waals surface area contributed by atoms with Crippen LogP contribution >= 0.6 is 34.5 Å². The van der Waals surface area contributed by atoms with E-state index in [-0.39, 0.29) is 18.0 Å². The van der Waals surface area contributed by atoms with Crippen LogP contribution in [0.15, 0.2) is 71.7 Å². The normalized spacial score (nSPS) is 12.0. The Hall–Kier alpha value is -3.38. The molecule has 0 bridgehead atoms. The van der Waals surface area contributed by atoms with E-state index in [0.717, 1.165) is 23.5 Å². The lowest BCUT2D eigenvalue weighted by molar-refractivity contribution is -0.145. The first kappa shape index (κ1) is 25.7. The number of hydrogen-bond acceptors (Lipinski definition) is 7. The lowest BCUT2D eigenvalue weighted by atomic mass is 10.2. The van der Waals surface area contributed by atoms with Gasteiger partial charge >= 0.3 is 12.1 Å². The lowest BCUT2D eigenvalue weighted by Gasteiger charge is -2.10. The topological polar surface area (TPSA) is 91.7 Å². The van der Waals surface area contributed by atoms with E-state index in [9.17, 15) is 18.0 Å². The number of ether oxygens (including phenoxy) is 1. The van der Waals surface area contributed by atoms with Crippen molar-refractivity contribution in [2.24, 2.45) is 10.9 Å². The first-order valence-electron chi connectivity index (χ1n) is 10.1. The maximum Gasteiger partial charge on any atom is 0.416 e. The van der Waals surface area contributed by atoms with Gasteiger partial charge in [-0.05, 0) is 48.5 Å². The molecule has 13 heteroatoms. The highest BCUT2D eigenvalue weighted by Crippen LogP contribution is 2.34. The molecule has 0 fully saturated rings. The van der Waals surface area contributed by atoms with E-state index in [1.807, 2.05) is 0 Å². The number of rotatable bonds is 6. The van der Waals surface area contributed by atoms with Crippen molar-refractivity contribution in [2.75, 3.05) is 0 Å². The van der Waals surface area contributed by atoms with Crippen molar-refractivity contribution in [2.45, 2.75) is 12.7 Å². The zero-order chi connectivity index (χ0) is 25.9. The molecule has 1 heterocycles. The van der Waals surface area contributed by atoms with Crippen LogP contribution in [0.3, 0.4) is 0 Å². The van der Waals surface area contributed by atoms with Gasteiger partial charge in [-0.25, -0.2) is 14.5 Å². The first-order chi connectivity index (χ1) is 17.1. The summed E-state index contributed by atoms with van der Waals surface area (Å²) in [5.74, 6) is 4.54. The molecule has 2 N–H and O–H groups in total. The Morgan fingerprint density at radius 1 is 1.03 bits per heavy atom. The van der Waals surface area contributed by atoms with Gasteiger partial charge in [0.25, 0.3) is 0 Å². The van der Waals surface area contributed by atoms with E-state index in [0.29, 0.717) is 31.1 Å². The number of hydrogen-bond donors (Lipinski definition) is 1. The fourth-order valence-corrected chi connectivity index (χ4v) is 4.21. The summed E-state index contributed by atoms with van der Waals surface area (Å²) in [7, 11) is 0. The molecular weight excluding hydrogens is 540 g/mol. The second-order valence-electron chi connectivity index (χ2n) is 7.20. The Bertz CT molecular complexity index is 1490. The van der Waals surface area contributed by atoms with Crippen molar-refractivity contribution >= 4 is 46.2 Å². The predicted molar refractivity (Wildman–Crippen MR) is 129 cm³/mol. The van der Waals surface area contributed by atoms with Crippen molar-refractivity contribution in [3.63, 3.8) is 0 Å². The van der Waals surface area contributed by atoms with E-state index in [1.165, 1.54) is 16.8 Å². The smallest absolute Gasteiger partial charge is 0.416 e. The van der Waals surface area contributed by atoms with Crippen LogP contribution in [0.25, 0.3) is 10.6 Å². The Morgan fingerprint density at radius 3 is 2.44 bits per heavy atom. The molecule has 0 aliphatic carbocycles. The second kappa shape index (κ2) is 10.7. The van der Waals surface area contributed by atoms with Crippen LogP contribution in [0.4, 0.5) is 18.9 Å². The summed E-state index contributed by atoms with van der Waals surface area (Å²) in [6.07, 6.45) is -4.49. The Labute approximate surface area is 216 Å². The Morgan fingerprint density at radius 2 is 1.75 bits per heavy atom. The maximum absolute atomic E-state index is 13.0. The molecular formula is C23H15Cl2F3N4O3S. The van der Waals surface area contributed by atoms with Gasteiger partial charge in [0.15, 0.2) is 0 Å². The van der Waals surface area contributed by atoms with E-state index in [2.05, 4.69) is 14.9 Å². The van der Waals surface area contributed by atoms with Crippen LogP contribution in [0, 0.1) is 0 Å². The number of halogens is 5. The number of benzene rings is 3. The third kappa shape index (κ3) is 6.24. The summed E-state index contributed by atoms with van der Waals surface area (Å²) >= 11 is 13.2. The van der Waals surface area contributed by atoms with Crippen molar-refractivity contribution in [1.82, 2.24) is 9.78 Å². The first-order valence-corrected chi connectivity index (χ1v) is 11.6. The summed E-state index contributed by atoms with van der Waals surface area (Å²) in [6, 6.07) is 15.9. The molecule has 0 radical (unpaired) electrons. The van der Waals surface area contributed by atoms with Crippen molar-refractivity contribution in [3.8, 4) is 22.1 Å². The third-order valence-corrected chi connectivity index (χ3v) is 6.37. The van der Waals surface area contributed by atoms with Gasteiger partial charge in [-0.15, -0.1) is 0 Å². The van der Waals surface area contributed by atoms with E-state index in [1.54, 1.807) is 42.5 Å². The molecule has 0 saturated carbocycles. The largest absolute Gasteiger partial charge is 0.457 e. The predicted octanol–water partition coefficient (Wildman–Crippen LogP) is 6.38. The molecule has 0 unspecified atom stereocenters. The number of alkyl halides is 3. The minimum atomic E-state index is -4.49. The molecule has 36 heavy (non-hydrogen) atoms. The van der Waals surface area contributed by atoms with Gasteiger partial charge in [0, 0.05) is 5.56 Å². The summed E-state index contributed by atoms with van der Waals surface area (Å²) in [5, 5.41) is 5.53. The third-order valence-electron chi connectivity index (χ3n) is 4.64. The molecule has 0 aliphatic heterocycles. The zero-order valence-electron chi connectivity index (χ0n) is 18.0. The average molecular weight is 555 g/mol. The van der Waals surface area contributed by atoms with Gasteiger partial charge in [-0.2, -0.15) is 24.2 Å². The standard InChI is InChI=1S/C23H15Cl2F3N4O3S/c24-18-8-7-15(11-19(18)25)30-22-32(12-20(33)35-29)31-21(36-22)13-3-1-5-16(9-13)34-17-6-2-4-14(10-17)23(26,27)28/h1-11H,12,29H2. The number of carbonyl (C=O) groups is 1. The molecule has 0 saturated heterocycles. The molecule has 1 aromatic heterocycles. The average Bonchev–Trinajstić information content (AvgIpc) is 3.23. The monoisotopic (exact) mass is 554 g/mol. The number of nitrogens with zero attached hydrogens (tertiary/aromatic N) is 3. The highest BCUT2D eigenvalue weighted by molar-refractivity contribution is 7.12. The lowest BCUT2D eigenvalue weighted by Crippen LogP contribution is -2.24. The number of nitrogens with two attached hydrogens (primary N) is 1. The van der Waals surface area contributed by atoms with E-state index >= 15 is 0 Å². The van der Waals surface area contributed by atoms with Gasteiger partial charge in [0.05, 0.1) is 21.3 Å². The molecule has 3 aromatic carbocycles. The van der Waals surface area contributed by atoms with E-state index in [4.69, 9.17) is 33.8 Å². The van der Waals surface area contributed by atoms with Crippen LogP contribution in [0.2, 0.25) is 10.0 Å². The molecule has 7 nitrogen and oxygen atoms in total. The van der Waals surface area contributed by atoms with Crippen molar-refractivity contribution in [3.05, 3.63) is 87.1 Å². The van der Waals surface area contributed by atoms with Crippen LogP contribution in [0.1, 0.15) is 5.56 Å². The summed E-state index contributed by atoms with van der Waals surface area (Å²) in [6.45, 7) is -0.312. The molecule has 0 aliphatic rings. The van der Waals surface area contributed by atoms with Crippen LogP contribution < -0.4 is 15.4 Å². The second-order valence-corrected chi connectivity index (χ2v) is 8.97. The van der Waals surface area contributed by atoms with Crippen LogP contribution in [-0.2, 0) is 22.4 Å². The Kier molecular flexibility index (Phi) is 7.65. The number of carbonyl (C=O) groups excluding carboxylic acids is 1. The zero-order valence-corrected chi connectivity index (χ0v) is 20.3. The summed E-state index contributed by atoms with van der Waals surface area (Å²) in [5.41, 5.74) is 0.225. The summed E-state index contributed by atoms with van der Waals surface area (Å²) < 4.78 is 46.0. The van der Waals surface area contributed by atoms with Gasteiger partial charge in [-0.1, -0.05) is 52.7 Å². The molecule has 186 valence electrons. The maximum atomic E-state index is 13.0. The van der Waals surface area contributed by atoms with Crippen molar-refractivity contribution in [1.29, 1.82) is 0 Å². The van der Waals surface area contributed by atoms with Crippen LogP contribution in [-0.4, -0.2) is 15.7 Å². The summed E-state index contributed by atoms with van der Waals surface area (Å²) in [4.78, 5) is 20.9. The molecule has 4 aromatic rings. The minimum absolute atomic E-state index is 0.0252. The molecule has 0 amide bonds.